The number of hydrogen-bond acceptors (Lipinski definition) is 5. The van der Waals surface area contributed by atoms with Crippen molar-refractivity contribution >= 4 is 27.8 Å². The average molecular weight is 361 g/mol. The Balaban J connectivity index is 1.80. The summed E-state index contributed by atoms with van der Waals surface area (Å²) in [6.07, 6.45) is 1.39. The Bertz CT molecular complexity index is 936. The summed E-state index contributed by atoms with van der Waals surface area (Å²) in [5.74, 6) is -0.0520. The second-order valence-electron chi connectivity index (χ2n) is 5.20. The Morgan fingerprint density at radius 3 is 2.56 bits per heavy atom. The number of sulfonamides is 1. The fraction of sp³-hybridized carbons (Fsp3) is 0.118. The van der Waals surface area contributed by atoms with E-state index in [9.17, 15) is 13.2 Å². The van der Waals surface area contributed by atoms with Crippen LogP contribution in [0, 0.1) is 0 Å². The lowest BCUT2D eigenvalue weighted by Crippen LogP contribution is -2.15. The molecule has 8 heteroatoms. The normalized spacial score (nSPS) is 13.6. The molecule has 25 heavy (non-hydrogen) atoms. The van der Waals surface area contributed by atoms with Gasteiger partial charge in [0.25, 0.3) is 10.0 Å². The van der Waals surface area contributed by atoms with Crippen molar-refractivity contribution in [3.8, 4) is 11.5 Å². The molecule has 1 aliphatic heterocycles. The molecule has 2 N–H and O–H groups in total. The zero-order valence-electron chi connectivity index (χ0n) is 13.0. The van der Waals surface area contributed by atoms with Gasteiger partial charge in [0, 0.05) is 0 Å². The van der Waals surface area contributed by atoms with E-state index in [0.29, 0.717) is 30.3 Å². The summed E-state index contributed by atoms with van der Waals surface area (Å²) in [5, 5.41) is 10.1. The van der Waals surface area contributed by atoms with E-state index in [-0.39, 0.29) is 11.3 Å². The number of aromatic carboxylic acids is 1. The van der Waals surface area contributed by atoms with E-state index in [1.165, 1.54) is 24.3 Å². The number of rotatable bonds is 5. The van der Waals surface area contributed by atoms with E-state index in [0.717, 1.165) is 5.41 Å². The summed E-state index contributed by atoms with van der Waals surface area (Å²) in [7, 11) is -3.88. The minimum Gasteiger partial charge on any atom is -0.486 e. The Hall–Kier alpha value is -3.00. The molecule has 0 radical (unpaired) electrons. The molecule has 0 aliphatic carbocycles. The van der Waals surface area contributed by atoms with E-state index >= 15 is 0 Å². The largest absolute Gasteiger partial charge is 0.486 e. The van der Waals surface area contributed by atoms with Gasteiger partial charge in [0.2, 0.25) is 0 Å². The molecule has 7 nitrogen and oxygen atoms in total. The van der Waals surface area contributed by atoms with Crippen LogP contribution in [-0.4, -0.2) is 32.7 Å². The molecule has 0 spiro atoms. The van der Waals surface area contributed by atoms with Gasteiger partial charge in [0.05, 0.1) is 16.7 Å². The number of fused-ring (bicyclic) bond motifs is 1. The zero-order valence-corrected chi connectivity index (χ0v) is 13.8. The monoisotopic (exact) mass is 361 g/mol. The number of carboxylic acid groups (broad SMARTS) is 1. The van der Waals surface area contributed by atoms with E-state index in [1.54, 1.807) is 24.3 Å². The van der Waals surface area contributed by atoms with Crippen LogP contribution in [0.25, 0.3) is 6.08 Å². The standard InChI is InChI=1S/C17H15NO6S/c19-17(20)13-3-1-2-4-14(13)18-25(21,22)10-7-12-5-6-15-16(11-12)24-9-8-23-15/h1-7,10-11,18H,8-9H2,(H,19,20). The molecule has 0 saturated carbocycles. The first kappa shape index (κ1) is 16.8. The summed E-state index contributed by atoms with van der Waals surface area (Å²) in [5.41, 5.74) is 0.488. The van der Waals surface area contributed by atoms with Crippen LogP contribution < -0.4 is 14.2 Å². The maximum absolute atomic E-state index is 12.2. The molecule has 0 unspecified atom stereocenters. The molecule has 2 aromatic rings. The second kappa shape index (κ2) is 6.86. The smallest absolute Gasteiger partial charge is 0.337 e. The summed E-state index contributed by atoms with van der Waals surface area (Å²) in [4.78, 5) is 11.1. The number of nitrogens with one attached hydrogen (secondary N) is 1. The van der Waals surface area contributed by atoms with Gasteiger partial charge in [-0.15, -0.1) is 0 Å². The van der Waals surface area contributed by atoms with Crippen molar-refractivity contribution in [3.05, 3.63) is 59.0 Å². The van der Waals surface area contributed by atoms with Gasteiger partial charge < -0.3 is 14.6 Å². The molecule has 2 aromatic carbocycles. The highest BCUT2D eigenvalue weighted by atomic mass is 32.2. The molecular weight excluding hydrogens is 346 g/mol. The predicted molar refractivity (Wildman–Crippen MR) is 92.4 cm³/mol. The van der Waals surface area contributed by atoms with Gasteiger partial charge in [-0.25, -0.2) is 13.2 Å². The van der Waals surface area contributed by atoms with E-state index < -0.39 is 16.0 Å². The summed E-state index contributed by atoms with van der Waals surface area (Å²) < 4.78 is 37.5. The van der Waals surface area contributed by atoms with Crippen molar-refractivity contribution < 1.29 is 27.8 Å². The van der Waals surface area contributed by atoms with Crippen molar-refractivity contribution in [2.75, 3.05) is 17.9 Å². The third-order valence-electron chi connectivity index (χ3n) is 3.42. The molecule has 0 atom stereocenters. The number of para-hydroxylation sites is 1. The van der Waals surface area contributed by atoms with Crippen LogP contribution in [-0.2, 0) is 10.0 Å². The average Bonchev–Trinajstić information content (AvgIpc) is 2.60. The van der Waals surface area contributed by atoms with Crippen molar-refractivity contribution in [2.24, 2.45) is 0 Å². The minimum atomic E-state index is -3.88. The number of benzene rings is 2. The Labute approximate surface area is 144 Å². The third-order valence-corrected chi connectivity index (χ3v) is 4.41. The van der Waals surface area contributed by atoms with Gasteiger partial charge in [-0.05, 0) is 35.9 Å². The Morgan fingerprint density at radius 2 is 1.80 bits per heavy atom. The van der Waals surface area contributed by atoms with Crippen LogP contribution in [0.3, 0.4) is 0 Å². The molecule has 0 fully saturated rings. The van der Waals surface area contributed by atoms with Gasteiger partial charge in [0.1, 0.15) is 13.2 Å². The van der Waals surface area contributed by atoms with Gasteiger partial charge in [-0.3, -0.25) is 4.72 Å². The van der Waals surface area contributed by atoms with Gasteiger partial charge >= 0.3 is 5.97 Å². The molecule has 0 saturated heterocycles. The lowest BCUT2D eigenvalue weighted by atomic mass is 10.2. The van der Waals surface area contributed by atoms with E-state index in [4.69, 9.17) is 14.6 Å². The molecule has 0 amide bonds. The van der Waals surface area contributed by atoms with E-state index in [1.807, 2.05) is 0 Å². The minimum absolute atomic E-state index is 0.00169. The molecular formula is C17H15NO6S. The summed E-state index contributed by atoms with van der Waals surface area (Å²) in [6.45, 7) is 0.912. The van der Waals surface area contributed by atoms with Gasteiger partial charge in [-0.2, -0.15) is 0 Å². The summed E-state index contributed by atoms with van der Waals surface area (Å²) >= 11 is 0. The van der Waals surface area contributed by atoms with Crippen molar-refractivity contribution in [1.82, 2.24) is 0 Å². The molecule has 1 aliphatic rings. The van der Waals surface area contributed by atoms with Gasteiger partial charge in [0.15, 0.2) is 11.5 Å². The predicted octanol–water partition coefficient (Wildman–Crippen LogP) is 2.57. The highest BCUT2D eigenvalue weighted by molar-refractivity contribution is 7.95. The van der Waals surface area contributed by atoms with Gasteiger partial charge in [-0.1, -0.05) is 18.2 Å². The maximum atomic E-state index is 12.2. The number of carboxylic acids is 1. The number of anilines is 1. The fourth-order valence-corrected chi connectivity index (χ4v) is 3.17. The maximum Gasteiger partial charge on any atom is 0.337 e. The Kier molecular flexibility index (Phi) is 4.62. The number of hydrogen-bond donors (Lipinski definition) is 2. The number of ether oxygens (including phenoxy) is 2. The van der Waals surface area contributed by atoms with Crippen LogP contribution in [0.15, 0.2) is 47.9 Å². The first-order valence-corrected chi connectivity index (χ1v) is 8.92. The molecule has 130 valence electrons. The van der Waals surface area contributed by atoms with Crippen LogP contribution in [0.4, 0.5) is 5.69 Å². The fourth-order valence-electron chi connectivity index (χ4n) is 2.28. The molecule has 3 rings (SSSR count). The van der Waals surface area contributed by atoms with Crippen molar-refractivity contribution in [3.63, 3.8) is 0 Å². The topological polar surface area (TPSA) is 102 Å². The van der Waals surface area contributed by atoms with Crippen LogP contribution in [0.5, 0.6) is 11.5 Å². The van der Waals surface area contributed by atoms with Crippen molar-refractivity contribution in [1.29, 1.82) is 0 Å². The first-order chi connectivity index (χ1) is 11.9. The van der Waals surface area contributed by atoms with Crippen LogP contribution >= 0.6 is 0 Å². The zero-order chi connectivity index (χ0) is 17.9. The third kappa shape index (κ3) is 4.10. The van der Waals surface area contributed by atoms with Crippen LogP contribution in [0.2, 0.25) is 0 Å². The molecule has 1 heterocycles. The Morgan fingerprint density at radius 1 is 1.08 bits per heavy atom. The molecule has 0 bridgehead atoms. The highest BCUT2D eigenvalue weighted by Crippen LogP contribution is 2.31. The van der Waals surface area contributed by atoms with Crippen LogP contribution in [0.1, 0.15) is 15.9 Å². The quantitative estimate of drug-likeness (QED) is 0.849. The highest BCUT2D eigenvalue weighted by Gasteiger charge is 2.14. The molecule has 0 aromatic heterocycles. The first-order valence-electron chi connectivity index (χ1n) is 7.37. The lowest BCUT2D eigenvalue weighted by molar-refractivity contribution is 0.0698. The summed E-state index contributed by atoms with van der Waals surface area (Å²) in [6, 6.07) is 10.9. The number of carbonyl (C=O) groups is 1. The van der Waals surface area contributed by atoms with Crippen molar-refractivity contribution in [2.45, 2.75) is 0 Å². The SMILES string of the molecule is O=C(O)c1ccccc1NS(=O)(=O)C=Cc1ccc2c(c1)OCCO2. The second-order valence-corrected chi connectivity index (χ2v) is 6.77. The lowest BCUT2D eigenvalue weighted by Gasteiger charge is -2.18. The van der Waals surface area contributed by atoms with E-state index in [2.05, 4.69) is 4.72 Å².